The van der Waals surface area contributed by atoms with Crippen LogP contribution in [0.1, 0.15) is 20.8 Å². The highest BCUT2D eigenvalue weighted by Gasteiger charge is 2.22. The fourth-order valence-electron chi connectivity index (χ4n) is 1.52. The standard InChI is InChI=1S/C10H12BrN3OS/c1-10(2,3)14-8(12-13-9(14)16)6-4-5-7(11)15-6/h4-5H,1-3H3,(H,13,16). The number of aromatic amines is 1. The second kappa shape index (κ2) is 3.85. The third-order valence-corrected chi connectivity index (χ3v) is 2.84. The van der Waals surface area contributed by atoms with Crippen molar-refractivity contribution < 1.29 is 4.42 Å². The van der Waals surface area contributed by atoms with Gasteiger partial charge >= 0.3 is 0 Å². The number of rotatable bonds is 1. The average molecular weight is 302 g/mol. The lowest BCUT2D eigenvalue weighted by atomic mass is 10.1. The van der Waals surface area contributed by atoms with Crippen molar-refractivity contribution in [3.8, 4) is 11.6 Å². The minimum Gasteiger partial charge on any atom is -0.446 e. The quantitative estimate of drug-likeness (QED) is 0.817. The summed E-state index contributed by atoms with van der Waals surface area (Å²) in [5, 5.41) is 6.99. The Morgan fingerprint density at radius 3 is 2.62 bits per heavy atom. The van der Waals surface area contributed by atoms with Crippen LogP contribution in [-0.4, -0.2) is 14.8 Å². The van der Waals surface area contributed by atoms with Gasteiger partial charge in [0.1, 0.15) is 0 Å². The average Bonchev–Trinajstić information content (AvgIpc) is 2.70. The lowest BCUT2D eigenvalue weighted by Gasteiger charge is -2.21. The molecule has 0 amide bonds. The molecular formula is C10H12BrN3OS. The summed E-state index contributed by atoms with van der Waals surface area (Å²) in [7, 11) is 0. The molecule has 0 unspecified atom stereocenters. The Morgan fingerprint density at radius 2 is 2.12 bits per heavy atom. The number of nitrogens with zero attached hydrogens (tertiary/aromatic N) is 2. The Kier molecular flexibility index (Phi) is 2.79. The van der Waals surface area contributed by atoms with E-state index >= 15 is 0 Å². The zero-order valence-corrected chi connectivity index (χ0v) is 11.6. The van der Waals surface area contributed by atoms with E-state index in [1.807, 2.05) is 16.7 Å². The molecule has 6 heteroatoms. The molecule has 16 heavy (non-hydrogen) atoms. The van der Waals surface area contributed by atoms with Crippen LogP contribution in [0.4, 0.5) is 0 Å². The predicted octanol–water partition coefficient (Wildman–Crippen LogP) is 3.72. The van der Waals surface area contributed by atoms with Crippen LogP contribution in [0, 0.1) is 4.77 Å². The van der Waals surface area contributed by atoms with Crippen molar-refractivity contribution in [2.45, 2.75) is 26.3 Å². The molecule has 0 aliphatic rings. The highest BCUT2D eigenvalue weighted by Crippen LogP contribution is 2.27. The van der Waals surface area contributed by atoms with Crippen molar-refractivity contribution in [2.75, 3.05) is 0 Å². The van der Waals surface area contributed by atoms with Gasteiger partial charge in [-0.3, -0.25) is 9.67 Å². The van der Waals surface area contributed by atoms with Crippen molar-refractivity contribution in [2.24, 2.45) is 0 Å². The van der Waals surface area contributed by atoms with Gasteiger partial charge in [-0.15, -0.1) is 0 Å². The van der Waals surface area contributed by atoms with Crippen molar-refractivity contribution in [3.05, 3.63) is 21.6 Å². The molecule has 0 fully saturated rings. The summed E-state index contributed by atoms with van der Waals surface area (Å²) in [6.07, 6.45) is 0. The second-order valence-corrected chi connectivity index (χ2v) is 5.63. The van der Waals surface area contributed by atoms with Crippen molar-refractivity contribution in [1.29, 1.82) is 0 Å². The molecule has 0 atom stereocenters. The summed E-state index contributed by atoms with van der Waals surface area (Å²) in [6, 6.07) is 3.69. The van der Waals surface area contributed by atoms with Gasteiger partial charge < -0.3 is 4.42 Å². The van der Waals surface area contributed by atoms with Crippen molar-refractivity contribution in [1.82, 2.24) is 14.8 Å². The molecule has 0 spiro atoms. The van der Waals surface area contributed by atoms with Crippen LogP contribution in [0.2, 0.25) is 0 Å². The van der Waals surface area contributed by atoms with E-state index in [0.717, 1.165) is 0 Å². The summed E-state index contributed by atoms with van der Waals surface area (Å²) in [5.74, 6) is 1.40. The molecule has 2 rings (SSSR count). The highest BCUT2D eigenvalue weighted by atomic mass is 79.9. The maximum Gasteiger partial charge on any atom is 0.198 e. The number of aromatic nitrogens is 3. The summed E-state index contributed by atoms with van der Waals surface area (Å²) >= 11 is 8.49. The lowest BCUT2D eigenvalue weighted by molar-refractivity contribution is 0.390. The molecular weight excluding hydrogens is 290 g/mol. The number of H-pyrrole nitrogens is 1. The maximum atomic E-state index is 5.49. The molecule has 2 heterocycles. The molecule has 0 aliphatic heterocycles. The normalized spacial score (nSPS) is 12.0. The number of hydrogen-bond donors (Lipinski definition) is 1. The van der Waals surface area contributed by atoms with E-state index in [2.05, 4.69) is 46.9 Å². The van der Waals surface area contributed by atoms with E-state index < -0.39 is 0 Å². The minimum absolute atomic E-state index is 0.140. The molecule has 0 aromatic carbocycles. The van der Waals surface area contributed by atoms with Crippen molar-refractivity contribution >= 4 is 28.1 Å². The van der Waals surface area contributed by atoms with E-state index in [-0.39, 0.29) is 5.54 Å². The molecule has 0 bridgehead atoms. The Bertz CT molecular complexity index is 561. The first-order chi connectivity index (χ1) is 7.39. The topological polar surface area (TPSA) is 46.8 Å². The van der Waals surface area contributed by atoms with Gasteiger partial charge in [-0.25, -0.2) is 0 Å². The van der Waals surface area contributed by atoms with Gasteiger partial charge in [0, 0.05) is 5.54 Å². The molecule has 0 saturated carbocycles. The number of halogens is 1. The van der Waals surface area contributed by atoms with Crippen LogP contribution in [0.15, 0.2) is 21.2 Å². The van der Waals surface area contributed by atoms with Gasteiger partial charge in [0.05, 0.1) is 0 Å². The third-order valence-electron chi connectivity index (χ3n) is 2.14. The molecule has 0 radical (unpaired) electrons. The van der Waals surface area contributed by atoms with Crippen LogP contribution in [0.5, 0.6) is 0 Å². The second-order valence-electron chi connectivity index (χ2n) is 4.46. The van der Waals surface area contributed by atoms with E-state index in [4.69, 9.17) is 16.6 Å². The van der Waals surface area contributed by atoms with Gasteiger partial charge in [0.2, 0.25) is 0 Å². The zero-order valence-electron chi connectivity index (χ0n) is 9.24. The summed E-state index contributed by atoms with van der Waals surface area (Å²) in [4.78, 5) is 0. The number of furan rings is 1. The van der Waals surface area contributed by atoms with Gasteiger partial charge in [-0.05, 0) is 61.1 Å². The van der Waals surface area contributed by atoms with Crippen LogP contribution in [0.3, 0.4) is 0 Å². The predicted molar refractivity (Wildman–Crippen MR) is 67.8 cm³/mol. The lowest BCUT2D eigenvalue weighted by Crippen LogP contribution is -2.22. The molecule has 0 saturated heterocycles. The largest absolute Gasteiger partial charge is 0.446 e. The zero-order chi connectivity index (χ0) is 11.9. The maximum absolute atomic E-state index is 5.49. The molecule has 4 nitrogen and oxygen atoms in total. The SMILES string of the molecule is CC(C)(C)n1c(-c2ccc(Br)o2)n[nH]c1=S. The van der Waals surface area contributed by atoms with Crippen LogP contribution in [0.25, 0.3) is 11.6 Å². The molecule has 2 aromatic rings. The summed E-state index contributed by atoms with van der Waals surface area (Å²) in [6.45, 7) is 6.21. The van der Waals surface area contributed by atoms with E-state index in [1.165, 1.54) is 0 Å². The van der Waals surface area contributed by atoms with Gasteiger partial charge in [0.15, 0.2) is 21.0 Å². The fraction of sp³-hybridized carbons (Fsp3) is 0.400. The fourth-order valence-corrected chi connectivity index (χ4v) is 2.23. The molecule has 1 N–H and O–H groups in total. The van der Waals surface area contributed by atoms with E-state index in [1.54, 1.807) is 0 Å². The Balaban J connectivity index is 2.63. The van der Waals surface area contributed by atoms with Crippen LogP contribution in [-0.2, 0) is 5.54 Å². The molecule has 86 valence electrons. The number of nitrogens with one attached hydrogen (secondary N) is 1. The first kappa shape index (κ1) is 11.6. The Labute approximate surface area is 107 Å². The van der Waals surface area contributed by atoms with E-state index in [9.17, 15) is 0 Å². The summed E-state index contributed by atoms with van der Waals surface area (Å²) in [5.41, 5.74) is -0.140. The first-order valence-electron chi connectivity index (χ1n) is 4.83. The van der Waals surface area contributed by atoms with Gasteiger partial charge in [-0.1, -0.05) is 0 Å². The minimum atomic E-state index is -0.140. The van der Waals surface area contributed by atoms with E-state index in [0.29, 0.717) is 21.0 Å². The summed E-state index contributed by atoms with van der Waals surface area (Å²) < 4.78 is 8.69. The number of hydrogen-bond acceptors (Lipinski definition) is 3. The van der Waals surface area contributed by atoms with Gasteiger partial charge in [0.25, 0.3) is 0 Å². The highest BCUT2D eigenvalue weighted by molar-refractivity contribution is 9.10. The Morgan fingerprint density at radius 1 is 1.44 bits per heavy atom. The van der Waals surface area contributed by atoms with Crippen LogP contribution < -0.4 is 0 Å². The first-order valence-corrected chi connectivity index (χ1v) is 6.03. The smallest absolute Gasteiger partial charge is 0.198 e. The Hall–Kier alpha value is -0.880. The van der Waals surface area contributed by atoms with Crippen LogP contribution >= 0.6 is 28.1 Å². The van der Waals surface area contributed by atoms with Gasteiger partial charge in [-0.2, -0.15) is 5.10 Å². The monoisotopic (exact) mass is 301 g/mol. The molecule has 0 aliphatic carbocycles. The third kappa shape index (κ3) is 1.99. The van der Waals surface area contributed by atoms with Crippen molar-refractivity contribution in [3.63, 3.8) is 0 Å². The molecule has 2 aromatic heterocycles.